The molecule has 0 aromatic carbocycles. The fourth-order valence-electron chi connectivity index (χ4n) is 2.32. The molecule has 0 saturated carbocycles. The Hall–Kier alpha value is 0.354. The number of hydrogen-bond donors (Lipinski definition) is 0. The molecule has 0 N–H and O–H groups in total. The van der Waals surface area contributed by atoms with Crippen molar-refractivity contribution in [1.29, 1.82) is 0 Å². The zero-order valence-electron chi connectivity index (χ0n) is 18.8. The van der Waals surface area contributed by atoms with Gasteiger partial charge in [-0.15, -0.1) is 0 Å². The molecule has 0 amide bonds. The molecule has 0 aliphatic rings. The van der Waals surface area contributed by atoms with Gasteiger partial charge in [0.2, 0.25) is 0 Å². The summed E-state index contributed by atoms with van der Waals surface area (Å²) in [6.07, 6.45) is 4.99. The molecule has 0 rings (SSSR count). The minimum Gasteiger partial charge on any atom is -0.411 e. The van der Waals surface area contributed by atoms with Crippen molar-refractivity contribution in [3.63, 3.8) is 0 Å². The summed E-state index contributed by atoms with van der Waals surface area (Å²) in [6.45, 7) is 27.9. The fourth-order valence-corrected chi connectivity index (χ4v) is 5.08. The van der Waals surface area contributed by atoms with Gasteiger partial charge in [0.1, 0.15) is 0 Å². The Kier molecular flexibility index (Phi) is 8.96. The first-order valence-electron chi connectivity index (χ1n) is 9.94. The van der Waals surface area contributed by atoms with Crippen molar-refractivity contribution in [2.75, 3.05) is 0 Å². The highest BCUT2D eigenvalue weighted by Gasteiger charge is 2.44. The van der Waals surface area contributed by atoms with Gasteiger partial charge in [0.05, 0.1) is 12.2 Å². The molecule has 4 heteroatoms. The van der Waals surface area contributed by atoms with Crippen LogP contribution in [0.2, 0.25) is 36.3 Å². The zero-order chi connectivity index (χ0) is 19.4. The van der Waals surface area contributed by atoms with Crippen molar-refractivity contribution >= 4 is 16.6 Å². The van der Waals surface area contributed by atoms with Crippen molar-refractivity contribution < 1.29 is 8.85 Å². The molecule has 0 bridgehead atoms. The molecule has 0 aliphatic carbocycles. The molecule has 0 radical (unpaired) electrons. The average Bonchev–Trinajstić information content (AvgIpc) is 2.34. The SMILES string of the molecule is CCC[C@@H](O[Si](C)(C)C(C)(C)C)[C@@H](CCC)O[Si](C)(C)C(C)(C)C. The maximum Gasteiger partial charge on any atom is 0.192 e. The lowest BCUT2D eigenvalue weighted by atomic mass is 10.1. The predicted molar refractivity (Wildman–Crippen MR) is 114 cm³/mol. The van der Waals surface area contributed by atoms with Gasteiger partial charge in [-0.1, -0.05) is 68.2 Å². The Labute approximate surface area is 155 Å². The lowest BCUT2D eigenvalue weighted by Gasteiger charge is -2.45. The van der Waals surface area contributed by atoms with E-state index in [-0.39, 0.29) is 22.3 Å². The summed E-state index contributed by atoms with van der Waals surface area (Å²) in [6, 6.07) is 0. The summed E-state index contributed by atoms with van der Waals surface area (Å²) in [4.78, 5) is 0. The van der Waals surface area contributed by atoms with Gasteiger partial charge in [-0.05, 0) is 49.1 Å². The Morgan fingerprint density at radius 2 is 0.875 bits per heavy atom. The average molecular weight is 375 g/mol. The standard InChI is InChI=1S/C20H46O2Si2/c1-13-15-17(21-23(9,10)19(3,4)5)18(16-14-2)22-24(11,12)20(6,7)8/h17-18H,13-16H2,1-12H3/t17-,18-/m1/s1. The van der Waals surface area contributed by atoms with Gasteiger partial charge in [0, 0.05) is 0 Å². The molecule has 0 heterocycles. The summed E-state index contributed by atoms with van der Waals surface area (Å²) >= 11 is 0. The summed E-state index contributed by atoms with van der Waals surface area (Å²) < 4.78 is 13.7. The van der Waals surface area contributed by atoms with E-state index in [1.807, 2.05) is 0 Å². The third-order valence-electron chi connectivity index (χ3n) is 6.07. The van der Waals surface area contributed by atoms with Gasteiger partial charge >= 0.3 is 0 Å². The van der Waals surface area contributed by atoms with E-state index in [2.05, 4.69) is 81.6 Å². The van der Waals surface area contributed by atoms with Crippen LogP contribution in [-0.4, -0.2) is 28.8 Å². The molecule has 2 nitrogen and oxygen atoms in total. The first-order chi connectivity index (χ1) is 10.6. The zero-order valence-corrected chi connectivity index (χ0v) is 20.8. The molecule has 0 unspecified atom stereocenters. The molecular weight excluding hydrogens is 328 g/mol. The first-order valence-corrected chi connectivity index (χ1v) is 15.8. The normalized spacial score (nSPS) is 17.0. The van der Waals surface area contributed by atoms with Crippen molar-refractivity contribution in [1.82, 2.24) is 0 Å². The second-order valence-electron chi connectivity index (χ2n) is 10.4. The van der Waals surface area contributed by atoms with Gasteiger partial charge in [-0.3, -0.25) is 0 Å². The van der Waals surface area contributed by atoms with Gasteiger partial charge in [-0.2, -0.15) is 0 Å². The second kappa shape index (κ2) is 8.83. The summed E-state index contributed by atoms with van der Waals surface area (Å²) in [5.74, 6) is 0. The fraction of sp³-hybridized carbons (Fsp3) is 1.00. The van der Waals surface area contributed by atoms with E-state index in [4.69, 9.17) is 8.85 Å². The largest absolute Gasteiger partial charge is 0.411 e. The molecule has 0 fully saturated rings. The first kappa shape index (κ1) is 24.4. The third-order valence-corrected chi connectivity index (χ3v) is 15.1. The van der Waals surface area contributed by atoms with E-state index in [1.165, 1.54) is 0 Å². The molecule has 0 aliphatic heterocycles. The number of rotatable bonds is 9. The second-order valence-corrected chi connectivity index (χ2v) is 19.9. The van der Waals surface area contributed by atoms with Crippen LogP contribution in [0.25, 0.3) is 0 Å². The van der Waals surface area contributed by atoms with Crippen LogP contribution in [0.5, 0.6) is 0 Å². The summed E-state index contributed by atoms with van der Waals surface area (Å²) in [5, 5.41) is 0.486. The van der Waals surface area contributed by atoms with E-state index >= 15 is 0 Å². The van der Waals surface area contributed by atoms with Crippen LogP contribution in [0.1, 0.15) is 81.1 Å². The molecule has 0 saturated heterocycles. The highest BCUT2D eigenvalue weighted by molar-refractivity contribution is 6.74. The van der Waals surface area contributed by atoms with Crippen LogP contribution >= 0.6 is 0 Å². The highest BCUT2D eigenvalue weighted by atomic mass is 28.4. The van der Waals surface area contributed by atoms with E-state index < -0.39 is 16.6 Å². The van der Waals surface area contributed by atoms with E-state index in [0.29, 0.717) is 0 Å². The minimum atomic E-state index is -1.78. The summed E-state index contributed by atoms with van der Waals surface area (Å²) in [5.41, 5.74) is 0. The van der Waals surface area contributed by atoms with Gasteiger partial charge in [0.15, 0.2) is 16.6 Å². The molecule has 0 aromatic heterocycles. The Balaban J connectivity index is 5.46. The van der Waals surface area contributed by atoms with Crippen LogP contribution in [0.4, 0.5) is 0 Å². The molecule has 0 aromatic rings. The van der Waals surface area contributed by atoms with Crippen LogP contribution in [0.3, 0.4) is 0 Å². The number of hydrogen-bond acceptors (Lipinski definition) is 2. The third kappa shape index (κ3) is 6.93. The van der Waals surface area contributed by atoms with Gasteiger partial charge < -0.3 is 8.85 Å². The van der Waals surface area contributed by atoms with E-state index in [0.717, 1.165) is 25.7 Å². The molecular formula is C20H46O2Si2. The molecule has 0 spiro atoms. The van der Waals surface area contributed by atoms with Crippen LogP contribution in [-0.2, 0) is 8.85 Å². The maximum atomic E-state index is 6.85. The Bertz CT molecular complexity index is 329. The van der Waals surface area contributed by atoms with Crippen molar-refractivity contribution in [3.8, 4) is 0 Å². The predicted octanol–water partition coefficient (Wildman–Crippen LogP) is 7.37. The summed E-state index contributed by atoms with van der Waals surface area (Å²) in [7, 11) is -3.57. The quantitative estimate of drug-likeness (QED) is 0.392. The monoisotopic (exact) mass is 374 g/mol. The minimum absolute atomic E-state index is 0.241. The van der Waals surface area contributed by atoms with Gasteiger partial charge in [0.25, 0.3) is 0 Å². The molecule has 2 atom stereocenters. The van der Waals surface area contributed by atoms with Crippen LogP contribution in [0.15, 0.2) is 0 Å². The highest BCUT2D eigenvalue weighted by Crippen LogP contribution is 2.41. The lowest BCUT2D eigenvalue weighted by molar-refractivity contribution is 0.0245. The maximum absolute atomic E-state index is 6.85. The van der Waals surface area contributed by atoms with E-state index in [9.17, 15) is 0 Å². The smallest absolute Gasteiger partial charge is 0.192 e. The van der Waals surface area contributed by atoms with E-state index in [1.54, 1.807) is 0 Å². The van der Waals surface area contributed by atoms with Crippen LogP contribution < -0.4 is 0 Å². The van der Waals surface area contributed by atoms with Crippen molar-refractivity contribution in [2.45, 2.75) is 130 Å². The van der Waals surface area contributed by atoms with Crippen LogP contribution in [0, 0.1) is 0 Å². The van der Waals surface area contributed by atoms with Crippen molar-refractivity contribution in [3.05, 3.63) is 0 Å². The lowest BCUT2D eigenvalue weighted by Crippen LogP contribution is -2.51. The van der Waals surface area contributed by atoms with Gasteiger partial charge in [-0.25, -0.2) is 0 Å². The molecule has 146 valence electrons. The topological polar surface area (TPSA) is 18.5 Å². The van der Waals surface area contributed by atoms with Crippen molar-refractivity contribution in [2.24, 2.45) is 0 Å². The Morgan fingerprint density at radius 3 is 1.04 bits per heavy atom. The Morgan fingerprint density at radius 1 is 0.625 bits per heavy atom. The molecule has 24 heavy (non-hydrogen) atoms.